The number of carbonyl (C=O) groups is 3. The summed E-state index contributed by atoms with van der Waals surface area (Å²) in [5, 5.41) is 9.23. The second-order valence-electron chi connectivity index (χ2n) is 6.48. The summed E-state index contributed by atoms with van der Waals surface area (Å²) in [6, 6.07) is 0. The molecule has 1 saturated carbocycles. The number of rotatable bonds is 4. The number of likely N-dealkylation sites (tertiary alicyclic amines) is 1. The van der Waals surface area contributed by atoms with Gasteiger partial charge in [0.1, 0.15) is 0 Å². The number of imide groups is 1. The number of amides is 2. The van der Waals surface area contributed by atoms with E-state index in [1.165, 1.54) is 4.90 Å². The van der Waals surface area contributed by atoms with Gasteiger partial charge in [0.15, 0.2) is 0 Å². The van der Waals surface area contributed by atoms with Crippen LogP contribution in [0.15, 0.2) is 12.2 Å². The Kier molecular flexibility index (Phi) is 2.96. The van der Waals surface area contributed by atoms with Crippen molar-refractivity contribution in [2.75, 3.05) is 6.54 Å². The molecule has 2 amide bonds. The van der Waals surface area contributed by atoms with Gasteiger partial charge in [-0.25, -0.2) is 0 Å². The van der Waals surface area contributed by atoms with Gasteiger partial charge in [0.25, 0.3) is 0 Å². The van der Waals surface area contributed by atoms with E-state index in [2.05, 4.69) is 0 Å². The number of carboxylic acid groups (broad SMARTS) is 1. The zero-order chi connectivity index (χ0) is 14.6. The minimum atomic E-state index is -0.946. The lowest BCUT2D eigenvalue weighted by atomic mass is 9.85. The highest BCUT2D eigenvalue weighted by molar-refractivity contribution is 6.06. The highest BCUT2D eigenvalue weighted by Crippen LogP contribution is 2.52. The summed E-state index contributed by atoms with van der Waals surface area (Å²) in [4.78, 5) is 37.4. The Bertz CT molecular complexity index is 480. The molecule has 3 aliphatic rings. The number of carboxylic acids is 1. The molecule has 5 heteroatoms. The Balaban J connectivity index is 1.81. The molecule has 2 aliphatic carbocycles. The van der Waals surface area contributed by atoms with E-state index in [1.807, 2.05) is 12.2 Å². The van der Waals surface area contributed by atoms with Gasteiger partial charge in [-0.2, -0.15) is 0 Å². The molecule has 1 saturated heterocycles. The van der Waals surface area contributed by atoms with Crippen molar-refractivity contribution in [3.63, 3.8) is 0 Å². The molecule has 5 nitrogen and oxygen atoms in total. The Morgan fingerprint density at radius 3 is 2.15 bits per heavy atom. The summed E-state index contributed by atoms with van der Waals surface area (Å²) in [5.41, 5.74) is 0. The van der Waals surface area contributed by atoms with Crippen LogP contribution >= 0.6 is 0 Å². The lowest BCUT2D eigenvalue weighted by molar-refractivity contribution is -0.147. The van der Waals surface area contributed by atoms with Crippen LogP contribution in [0, 0.1) is 35.5 Å². The summed E-state index contributed by atoms with van der Waals surface area (Å²) in [6.45, 7) is 3.61. The second-order valence-corrected chi connectivity index (χ2v) is 6.48. The van der Waals surface area contributed by atoms with Crippen LogP contribution in [0.1, 0.15) is 20.3 Å². The maximum atomic E-state index is 12.4. The summed E-state index contributed by atoms with van der Waals surface area (Å²) in [5.74, 6) is -2.19. The molecule has 0 aromatic rings. The Hall–Kier alpha value is -1.65. The van der Waals surface area contributed by atoms with E-state index < -0.39 is 11.9 Å². The molecule has 1 N–H and O–H groups in total. The molecule has 5 unspecified atom stereocenters. The third-order valence-corrected chi connectivity index (χ3v) is 5.06. The number of hydrogen-bond donors (Lipinski definition) is 1. The minimum absolute atomic E-state index is 0.0110. The molecule has 5 atom stereocenters. The van der Waals surface area contributed by atoms with E-state index in [4.69, 9.17) is 0 Å². The van der Waals surface area contributed by atoms with Gasteiger partial charge in [0, 0.05) is 6.54 Å². The van der Waals surface area contributed by atoms with Crippen LogP contribution < -0.4 is 0 Å². The Morgan fingerprint density at radius 2 is 1.75 bits per heavy atom. The molecular formula is C15H19NO4. The molecule has 0 spiro atoms. The summed E-state index contributed by atoms with van der Waals surface area (Å²) in [7, 11) is 0. The average molecular weight is 277 g/mol. The molecule has 3 rings (SSSR count). The van der Waals surface area contributed by atoms with Gasteiger partial charge in [-0.1, -0.05) is 26.0 Å². The van der Waals surface area contributed by atoms with Gasteiger partial charge in [0.05, 0.1) is 17.8 Å². The highest BCUT2D eigenvalue weighted by atomic mass is 16.4. The maximum absolute atomic E-state index is 12.4. The molecular weight excluding hydrogens is 258 g/mol. The smallest absolute Gasteiger partial charge is 0.308 e. The number of allylic oxidation sites excluding steroid dienone is 2. The molecule has 20 heavy (non-hydrogen) atoms. The van der Waals surface area contributed by atoms with Gasteiger partial charge in [-0.05, 0) is 24.2 Å². The average Bonchev–Trinajstić information content (AvgIpc) is 3.02. The third kappa shape index (κ3) is 1.72. The highest BCUT2D eigenvalue weighted by Gasteiger charge is 2.59. The SMILES string of the molecule is CC(C)C(CN1C(=O)C2C3C=CC(C3)C2C1=O)C(=O)O. The summed E-state index contributed by atoms with van der Waals surface area (Å²) < 4.78 is 0. The van der Waals surface area contributed by atoms with Crippen LogP contribution in [-0.2, 0) is 14.4 Å². The van der Waals surface area contributed by atoms with Crippen LogP contribution in [0.2, 0.25) is 0 Å². The molecule has 0 aromatic carbocycles. The minimum Gasteiger partial charge on any atom is -0.481 e. The largest absolute Gasteiger partial charge is 0.481 e. The first-order chi connectivity index (χ1) is 9.41. The van der Waals surface area contributed by atoms with Crippen molar-refractivity contribution >= 4 is 17.8 Å². The van der Waals surface area contributed by atoms with Crippen molar-refractivity contribution in [1.29, 1.82) is 0 Å². The zero-order valence-corrected chi connectivity index (χ0v) is 11.7. The number of fused-ring (bicyclic) bond motifs is 5. The fourth-order valence-corrected chi connectivity index (χ4v) is 3.91. The molecule has 1 heterocycles. The van der Waals surface area contributed by atoms with Crippen molar-refractivity contribution in [3.05, 3.63) is 12.2 Å². The number of nitrogens with zero attached hydrogens (tertiary/aromatic N) is 1. The monoisotopic (exact) mass is 277 g/mol. The lowest BCUT2D eigenvalue weighted by Gasteiger charge is -2.23. The lowest BCUT2D eigenvalue weighted by Crippen LogP contribution is -2.40. The summed E-state index contributed by atoms with van der Waals surface area (Å²) in [6.07, 6.45) is 4.97. The van der Waals surface area contributed by atoms with E-state index in [9.17, 15) is 19.5 Å². The molecule has 1 aliphatic heterocycles. The van der Waals surface area contributed by atoms with E-state index in [0.717, 1.165) is 6.42 Å². The molecule has 2 bridgehead atoms. The first-order valence-electron chi connectivity index (χ1n) is 7.18. The maximum Gasteiger partial charge on any atom is 0.308 e. The molecule has 0 radical (unpaired) electrons. The Labute approximate surface area is 117 Å². The van der Waals surface area contributed by atoms with Crippen LogP contribution in [0.5, 0.6) is 0 Å². The van der Waals surface area contributed by atoms with Crippen molar-refractivity contribution in [1.82, 2.24) is 4.90 Å². The van der Waals surface area contributed by atoms with Gasteiger partial charge < -0.3 is 5.11 Å². The van der Waals surface area contributed by atoms with E-state index in [0.29, 0.717) is 0 Å². The fourth-order valence-electron chi connectivity index (χ4n) is 3.91. The fraction of sp³-hybridized carbons (Fsp3) is 0.667. The number of hydrogen-bond acceptors (Lipinski definition) is 3. The molecule has 2 fully saturated rings. The van der Waals surface area contributed by atoms with E-state index >= 15 is 0 Å². The van der Waals surface area contributed by atoms with E-state index in [1.54, 1.807) is 13.8 Å². The number of aliphatic carboxylic acids is 1. The first-order valence-corrected chi connectivity index (χ1v) is 7.18. The van der Waals surface area contributed by atoms with Gasteiger partial charge in [-0.15, -0.1) is 0 Å². The van der Waals surface area contributed by atoms with Gasteiger partial charge in [0.2, 0.25) is 11.8 Å². The van der Waals surface area contributed by atoms with Crippen LogP contribution in [-0.4, -0.2) is 34.3 Å². The van der Waals surface area contributed by atoms with Crippen molar-refractivity contribution < 1.29 is 19.5 Å². The van der Waals surface area contributed by atoms with Gasteiger partial charge >= 0.3 is 5.97 Å². The predicted octanol–water partition coefficient (Wildman–Crippen LogP) is 1.15. The third-order valence-electron chi connectivity index (χ3n) is 5.06. The second kappa shape index (κ2) is 4.43. The summed E-state index contributed by atoms with van der Waals surface area (Å²) >= 11 is 0. The van der Waals surface area contributed by atoms with Crippen LogP contribution in [0.4, 0.5) is 0 Å². The van der Waals surface area contributed by atoms with Gasteiger partial charge in [-0.3, -0.25) is 19.3 Å². The normalized spacial score (nSPS) is 36.0. The van der Waals surface area contributed by atoms with Crippen molar-refractivity contribution in [2.45, 2.75) is 20.3 Å². The van der Waals surface area contributed by atoms with Crippen LogP contribution in [0.3, 0.4) is 0 Å². The number of carbonyl (C=O) groups excluding carboxylic acids is 2. The first kappa shape index (κ1) is 13.3. The quantitative estimate of drug-likeness (QED) is 0.618. The van der Waals surface area contributed by atoms with E-state index in [-0.39, 0.29) is 47.9 Å². The topological polar surface area (TPSA) is 74.7 Å². The van der Waals surface area contributed by atoms with Crippen molar-refractivity contribution in [2.24, 2.45) is 35.5 Å². The van der Waals surface area contributed by atoms with Crippen LogP contribution in [0.25, 0.3) is 0 Å². The zero-order valence-electron chi connectivity index (χ0n) is 11.7. The predicted molar refractivity (Wildman–Crippen MR) is 70.4 cm³/mol. The standard InChI is InChI=1S/C15H19NO4/c1-7(2)10(15(19)20)6-16-13(17)11-8-3-4-9(5-8)12(11)14(16)18/h3-4,7-12H,5-6H2,1-2H3,(H,19,20). The molecule has 108 valence electrons. The molecule has 0 aromatic heterocycles. The van der Waals surface area contributed by atoms with Crippen molar-refractivity contribution in [3.8, 4) is 0 Å². The Morgan fingerprint density at radius 1 is 1.25 bits per heavy atom.